The molecule has 0 bridgehead atoms. The lowest BCUT2D eigenvalue weighted by atomic mass is 10.2. The smallest absolute Gasteiger partial charge is 0.227 e. The molecule has 2 aromatic heterocycles. The fourth-order valence-corrected chi connectivity index (χ4v) is 2.61. The van der Waals surface area contributed by atoms with Gasteiger partial charge in [-0.15, -0.1) is 0 Å². The molecular formula is C20H23N5. The Balaban J connectivity index is 1.75. The van der Waals surface area contributed by atoms with E-state index in [-0.39, 0.29) is 0 Å². The molecule has 0 aliphatic carbocycles. The first-order valence-corrected chi connectivity index (χ1v) is 8.52. The molecule has 0 spiro atoms. The zero-order valence-corrected chi connectivity index (χ0v) is 14.7. The van der Waals surface area contributed by atoms with Crippen molar-refractivity contribution in [2.24, 2.45) is 0 Å². The Morgan fingerprint density at radius 3 is 2.52 bits per heavy atom. The highest BCUT2D eigenvalue weighted by Crippen LogP contribution is 2.17. The third-order valence-corrected chi connectivity index (χ3v) is 3.92. The average Bonchev–Trinajstić information content (AvgIpc) is 2.66. The quantitative estimate of drug-likeness (QED) is 0.712. The first kappa shape index (κ1) is 16.9. The number of nitrogens with one attached hydrogen (secondary N) is 1. The average molecular weight is 333 g/mol. The second kappa shape index (κ2) is 8.24. The standard InChI is InChI=1S/C20H23N5/c1-3-25(15-17-8-5-4-6-9-17)20-23-16(2)12-19(24-20)22-14-18-10-7-11-21-13-18/h4-13H,3,14-15H2,1-2H3,(H,22,23,24). The predicted molar refractivity (Wildman–Crippen MR) is 101 cm³/mol. The summed E-state index contributed by atoms with van der Waals surface area (Å²) in [5, 5.41) is 3.37. The topological polar surface area (TPSA) is 53.9 Å². The van der Waals surface area contributed by atoms with E-state index >= 15 is 0 Å². The number of hydrogen-bond donors (Lipinski definition) is 1. The maximum atomic E-state index is 4.70. The number of nitrogens with zero attached hydrogens (tertiary/aromatic N) is 4. The van der Waals surface area contributed by atoms with Crippen LogP contribution in [-0.4, -0.2) is 21.5 Å². The third-order valence-electron chi connectivity index (χ3n) is 3.92. The van der Waals surface area contributed by atoms with Crippen LogP contribution in [0.15, 0.2) is 60.9 Å². The van der Waals surface area contributed by atoms with Crippen molar-refractivity contribution in [3.8, 4) is 0 Å². The van der Waals surface area contributed by atoms with Crippen LogP contribution in [0.1, 0.15) is 23.7 Å². The van der Waals surface area contributed by atoms with Crippen molar-refractivity contribution in [2.45, 2.75) is 26.9 Å². The second-order valence-electron chi connectivity index (χ2n) is 5.91. The number of rotatable bonds is 7. The summed E-state index contributed by atoms with van der Waals surface area (Å²) in [6.45, 7) is 6.45. The number of benzene rings is 1. The van der Waals surface area contributed by atoms with E-state index in [0.29, 0.717) is 6.54 Å². The lowest BCUT2D eigenvalue weighted by Gasteiger charge is -2.22. The molecule has 2 heterocycles. The van der Waals surface area contributed by atoms with E-state index in [1.165, 1.54) is 5.56 Å². The van der Waals surface area contributed by atoms with Gasteiger partial charge in [-0.3, -0.25) is 4.98 Å². The number of pyridine rings is 1. The maximum absolute atomic E-state index is 4.70. The van der Waals surface area contributed by atoms with E-state index in [1.54, 1.807) is 6.20 Å². The Labute approximate surface area is 148 Å². The molecule has 0 unspecified atom stereocenters. The van der Waals surface area contributed by atoms with E-state index in [0.717, 1.165) is 36.1 Å². The molecule has 0 amide bonds. The van der Waals surface area contributed by atoms with Gasteiger partial charge in [0.1, 0.15) is 5.82 Å². The Bertz CT molecular complexity index is 790. The minimum absolute atomic E-state index is 0.689. The van der Waals surface area contributed by atoms with Gasteiger partial charge in [-0.25, -0.2) is 4.98 Å². The highest BCUT2D eigenvalue weighted by atomic mass is 15.3. The summed E-state index contributed by atoms with van der Waals surface area (Å²) in [5.74, 6) is 1.58. The molecule has 0 fully saturated rings. The third kappa shape index (κ3) is 4.76. The molecule has 0 saturated heterocycles. The fourth-order valence-electron chi connectivity index (χ4n) is 2.61. The number of anilines is 2. The van der Waals surface area contributed by atoms with Crippen LogP contribution in [0.3, 0.4) is 0 Å². The molecule has 1 N–H and O–H groups in total. The first-order valence-electron chi connectivity index (χ1n) is 8.52. The van der Waals surface area contributed by atoms with Gasteiger partial charge in [-0.05, 0) is 31.0 Å². The lowest BCUT2D eigenvalue weighted by Crippen LogP contribution is -2.24. The molecule has 3 rings (SSSR count). The van der Waals surface area contributed by atoms with Gasteiger partial charge < -0.3 is 10.2 Å². The molecular weight excluding hydrogens is 310 g/mol. The summed E-state index contributed by atoms with van der Waals surface area (Å²) >= 11 is 0. The Morgan fingerprint density at radius 2 is 1.80 bits per heavy atom. The van der Waals surface area contributed by atoms with E-state index in [9.17, 15) is 0 Å². The second-order valence-corrected chi connectivity index (χ2v) is 5.91. The molecule has 0 saturated carbocycles. The molecule has 5 nitrogen and oxygen atoms in total. The highest BCUT2D eigenvalue weighted by molar-refractivity contribution is 5.44. The number of aromatic nitrogens is 3. The molecule has 0 atom stereocenters. The SMILES string of the molecule is CCN(Cc1ccccc1)c1nc(C)cc(NCc2cccnc2)n1. The van der Waals surface area contributed by atoms with E-state index in [4.69, 9.17) is 4.98 Å². The summed E-state index contributed by atoms with van der Waals surface area (Å²) in [4.78, 5) is 15.6. The largest absolute Gasteiger partial charge is 0.366 e. The molecule has 0 radical (unpaired) electrons. The summed E-state index contributed by atoms with van der Waals surface area (Å²) in [5.41, 5.74) is 3.32. The van der Waals surface area contributed by atoms with Crippen molar-refractivity contribution in [3.63, 3.8) is 0 Å². The van der Waals surface area contributed by atoms with E-state index < -0.39 is 0 Å². The van der Waals surface area contributed by atoms with Crippen molar-refractivity contribution in [1.82, 2.24) is 15.0 Å². The van der Waals surface area contributed by atoms with Crippen LogP contribution in [0.5, 0.6) is 0 Å². The minimum Gasteiger partial charge on any atom is -0.366 e. The Kier molecular flexibility index (Phi) is 5.57. The zero-order valence-electron chi connectivity index (χ0n) is 14.7. The normalized spacial score (nSPS) is 10.5. The summed E-state index contributed by atoms with van der Waals surface area (Å²) < 4.78 is 0. The fraction of sp³-hybridized carbons (Fsp3) is 0.250. The van der Waals surface area contributed by atoms with Crippen molar-refractivity contribution < 1.29 is 0 Å². The Hall–Kier alpha value is -2.95. The molecule has 3 aromatic rings. The van der Waals surface area contributed by atoms with E-state index in [1.807, 2.05) is 37.4 Å². The molecule has 0 aliphatic heterocycles. The highest BCUT2D eigenvalue weighted by Gasteiger charge is 2.10. The van der Waals surface area contributed by atoms with Gasteiger partial charge in [0.2, 0.25) is 5.95 Å². The van der Waals surface area contributed by atoms with Gasteiger partial charge in [-0.2, -0.15) is 4.98 Å². The van der Waals surface area contributed by atoms with Gasteiger partial charge in [-0.1, -0.05) is 36.4 Å². The van der Waals surface area contributed by atoms with Crippen LogP contribution in [0, 0.1) is 6.92 Å². The maximum Gasteiger partial charge on any atom is 0.227 e. The molecule has 128 valence electrons. The van der Waals surface area contributed by atoms with Crippen molar-refractivity contribution in [2.75, 3.05) is 16.8 Å². The van der Waals surface area contributed by atoms with Gasteiger partial charge in [0.15, 0.2) is 0 Å². The van der Waals surface area contributed by atoms with E-state index in [2.05, 4.69) is 51.4 Å². The summed E-state index contributed by atoms with van der Waals surface area (Å²) in [6, 6.07) is 16.3. The summed E-state index contributed by atoms with van der Waals surface area (Å²) in [7, 11) is 0. The predicted octanol–water partition coefficient (Wildman–Crippen LogP) is 3.82. The van der Waals surface area contributed by atoms with Crippen LogP contribution in [-0.2, 0) is 13.1 Å². The van der Waals surface area contributed by atoms with Crippen molar-refractivity contribution in [1.29, 1.82) is 0 Å². The number of aryl methyl sites for hydroxylation is 1. The van der Waals surface area contributed by atoms with Gasteiger partial charge in [0.05, 0.1) is 0 Å². The van der Waals surface area contributed by atoms with Gasteiger partial charge in [0.25, 0.3) is 0 Å². The summed E-state index contributed by atoms with van der Waals surface area (Å²) in [6.07, 6.45) is 3.63. The van der Waals surface area contributed by atoms with Crippen LogP contribution in [0.4, 0.5) is 11.8 Å². The molecule has 1 aromatic carbocycles. The van der Waals surface area contributed by atoms with Crippen LogP contribution < -0.4 is 10.2 Å². The van der Waals surface area contributed by atoms with Crippen LogP contribution in [0.2, 0.25) is 0 Å². The molecule has 5 heteroatoms. The molecule has 0 aliphatic rings. The lowest BCUT2D eigenvalue weighted by molar-refractivity contribution is 0.787. The monoisotopic (exact) mass is 333 g/mol. The first-order chi connectivity index (χ1) is 12.2. The minimum atomic E-state index is 0.689. The Morgan fingerprint density at radius 1 is 1.00 bits per heavy atom. The van der Waals surface area contributed by atoms with Crippen LogP contribution in [0.25, 0.3) is 0 Å². The molecule has 25 heavy (non-hydrogen) atoms. The zero-order chi connectivity index (χ0) is 17.5. The van der Waals surface area contributed by atoms with Gasteiger partial charge in [0, 0.05) is 43.8 Å². The number of hydrogen-bond acceptors (Lipinski definition) is 5. The van der Waals surface area contributed by atoms with Crippen molar-refractivity contribution >= 4 is 11.8 Å². The van der Waals surface area contributed by atoms with Crippen molar-refractivity contribution in [3.05, 3.63) is 77.7 Å². The van der Waals surface area contributed by atoms with Crippen LogP contribution >= 0.6 is 0 Å². The van der Waals surface area contributed by atoms with Gasteiger partial charge >= 0.3 is 0 Å².